The molecular formula is C28H27NO7S. The summed E-state index contributed by atoms with van der Waals surface area (Å²) in [6.07, 6.45) is 0.212. The molecular weight excluding hydrogens is 494 g/mol. The van der Waals surface area contributed by atoms with Crippen molar-refractivity contribution in [3.63, 3.8) is 0 Å². The predicted molar refractivity (Wildman–Crippen MR) is 139 cm³/mol. The molecule has 1 fully saturated rings. The molecule has 0 radical (unpaired) electrons. The summed E-state index contributed by atoms with van der Waals surface area (Å²) in [6, 6.07) is 23.2. The molecule has 1 aliphatic rings. The molecule has 37 heavy (non-hydrogen) atoms. The first kappa shape index (κ1) is 26.2. The Hall–Kier alpha value is -3.82. The Morgan fingerprint density at radius 2 is 1.65 bits per heavy atom. The number of carbonyl (C=O) groups is 3. The molecule has 4 rings (SSSR count). The van der Waals surface area contributed by atoms with E-state index in [1.807, 2.05) is 30.3 Å². The quantitative estimate of drug-likeness (QED) is 0.309. The Kier molecular flexibility index (Phi) is 8.81. The number of rotatable bonds is 10. The smallest absolute Gasteiger partial charge is 0.325 e. The number of hydrogen-bond acceptors (Lipinski definition) is 8. The van der Waals surface area contributed by atoms with Crippen molar-refractivity contribution < 1.29 is 33.3 Å². The number of benzene rings is 3. The number of nitrogens with one attached hydrogen (secondary N) is 1. The molecule has 0 aromatic heterocycles. The molecule has 8 nitrogen and oxygen atoms in total. The number of carbonyl (C=O) groups excluding carboxylic acids is 3. The molecule has 3 aromatic carbocycles. The van der Waals surface area contributed by atoms with Gasteiger partial charge >= 0.3 is 5.97 Å². The Labute approximate surface area is 219 Å². The van der Waals surface area contributed by atoms with Crippen molar-refractivity contribution in [2.75, 3.05) is 27.1 Å². The normalized spacial score (nSPS) is 17.3. The highest BCUT2D eigenvalue weighted by molar-refractivity contribution is 8.15. The van der Waals surface area contributed by atoms with Gasteiger partial charge in [-0.05, 0) is 59.3 Å². The number of Topliss-reactive ketones (excluding diaryl/α,β-unsaturated/α-hetero) is 1. The van der Waals surface area contributed by atoms with Crippen LogP contribution < -0.4 is 14.8 Å². The number of esters is 1. The van der Waals surface area contributed by atoms with E-state index in [2.05, 4.69) is 5.32 Å². The molecule has 0 saturated carbocycles. The second-order valence-corrected chi connectivity index (χ2v) is 9.73. The SMILES string of the molecule is COc1ccc(C(=O)COc2ccc(CC3(C(=O)OCc4ccccc4)COCNC(=O)S3)cc2)cc1. The fourth-order valence-corrected chi connectivity index (χ4v) is 4.74. The number of ketones is 1. The van der Waals surface area contributed by atoms with Crippen molar-refractivity contribution in [2.45, 2.75) is 17.8 Å². The molecule has 9 heteroatoms. The van der Waals surface area contributed by atoms with Gasteiger partial charge < -0.3 is 24.3 Å². The van der Waals surface area contributed by atoms with Gasteiger partial charge in [0, 0.05) is 12.0 Å². The fraction of sp³-hybridized carbons (Fsp3) is 0.250. The minimum atomic E-state index is -1.25. The van der Waals surface area contributed by atoms with E-state index in [4.69, 9.17) is 18.9 Å². The van der Waals surface area contributed by atoms with Crippen molar-refractivity contribution in [3.8, 4) is 11.5 Å². The molecule has 1 amide bonds. The van der Waals surface area contributed by atoms with Crippen LogP contribution in [0.5, 0.6) is 11.5 Å². The number of methoxy groups -OCH3 is 1. The number of ether oxygens (including phenoxy) is 4. The topological polar surface area (TPSA) is 100 Å². The van der Waals surface area contributed by atoms with Crippen molar-refractivity contribution in [1.29, 1.82) is 0 Å². The lowest BCUT2D eigenvalue weighted by Crippen LogP contribution is -2.43. The maximum absolute atomic E-state index is 13.2. The van der Waals surface area contributed by atoms with Gasteiger partial charge in [0.2, 0.25) is 0 Å². The molecule has 1 aliphatic heterocycles. The van der Waals surface area contributed by atoms with Crippen LogP contribution in [0.3, 0.4) is 0 Å². The van der Waals surface area contributed by atoms with E-state index in [1.54, 1.807) is 55.6 Å². The highest BCUT2D eigenvalue weighted by atomic mass is 32.2. The van der Waals surface area contributed by atoms with E-state index >= 15 is 0 Å². The van der Waals surface area contributed by atoms with Gasteiger partial charge in [-0.1, -0.05) is 42.5 Å². The third kappa shape index (κ3) is 7.12. The molecule has 0 aliphatic carbocycles. The van der Waals surface area contributed by atoms with Crippen LogP contribution in [0.25, 0.3) is 0 Å². The lowest BCUT2D eigenvalue weighted by Gasteiger charge is -2.28. The minimum absolute atomic E-state index is 0.0125. The Morgan fingerprint density at radius 1 is 0.946 bits per heavy atom. The van der Waals surface area contributed by atoms with Crippen molar-refractivity contribution in [3.05, 3.63) is 95.6 Å². The van der Waals surface area contributed by atoms with E-state index in [1.165, 1.54) is 0 Å². The zero-order valence-electron chi connectivity index (χ0n) is 20.3. The summed E-state index contributed by atoms with van der Waals surface area (Å²) < 4.78 is 20.7. The van der Waals surface area contributed by atoms with Crippen molar-refractivity contribution >= 4 is 28.8 Å². The summed E-state index contributed by atoms with van der Waals surface area (Å²) in [5.74, 6) is 0.493. The van der Waals surface area contributed by atoms with Gasteiger partial charge in [-0.3, -0.25) is 14.4 Å². The second kappa shape index (κ2) is 12.4. The van der Waals surface area contributed by atoms with Gasteiger partial charge in [-0.15, -0.1) is 0 Å². The molecule has 3 aromatic rings. The zero-order valence-corrected chi connectivity index (χ0v) is 21.1. The second-order valence-electron chi connectivity index (χ2n) is 8.38. The van der Waals surface area contributed by atoms with Crippen LogP contribution >= 0.6 is 11.8 Å². The first-order valence-corrected chi connectivity index (χ1v) is 12.4. The van der Waals surface area contributed by atoms with E-state index in [0.717, 1.165) is 22.9 Å². The molecule has 0 bridgehead atoms. The van der Waals surface area contributed by atoms with Crippen LogP contribution in [0.4, 0.5) is 4.79 Å². The molecule has 1 atom stereocenters. The molecule has 192 valence electrons. The summed E-state index contributed by atoms with van der Waals surface area (Å²) in [7, 11) is 1.56. The van der Waals surface area contributed by atoms with Crippen molar-refractivity contribution in [1.82, 2.24) is 5.32 Å². The minimum Gasteiger partial charge on any atom is -0.497 e. The summed E-state index contributed by atoms with van der Waals surface area (Å²) in [5.41, 5.74) is 2.16. The van der Waals surface area contributed by atoms with Crippen LogP contribution in [-0.2, 0) is 27.3 Å². The lowest BCUT2D eigenvalue weighted by atomic mass is 9.99. The lowest BCUT2D eigenvalue weighted by molar-refractivity contribution is -0.149. The molecule has 1 saturated heterocycles. The van der Waals surface area contributed by atoms with Gasteiger partial charge in [-0.25, -0.2) is 0 Å². The number of thioether (sulfide) groups is 1. The van der Waals surface area contributed by atoms with E-state index in [0.29, 0.717) is 17.1 Å². The first-order valence-electron chi connectivity index (χ1n) is 11.6. The first-order chi connectivity index (χ1) is 18.0. The highest BCUT2D eigenvalue weighted by Gasteiger charge is 2.45. The third-order valence-corrected chi connectivity index (χ3v) is 6.87. The van der Waals surface area contributed by atoms with Crippen LogP contribution in [-0.4, -0.2) is 48.8 Å². The highest BCUT2D eigenvalue weighted by Crippen LogP contribution is 2.34. The van der Waals surface area contributed by atoms with Gasteiger partial charge in [-0.2, -0.15) is 0 Å². The van der Waals surface area contributed by atoms with Crippen LogP contribution in [0.2, 0.25) is 0 Å². The summed E-state index contributed by atoms with van der Waals surface area (Å²) in [4.78, 5) is 38.0. The average molecular weight is 522 g/mol. The van der Waals surface area contributed by atoms with Crippen LogP contribution in [0, 0.1) is 0 Å². The standard InChI is InChI=1S/C28H27NO7S/c1-33-23-13-9-22(10-14-23)25(30)17-35-24-11-7-20(8-12-24)15-28(18-34-19-29-27(32)37-28)26(31)36-16-21-5-3-2-4-6-21/h2-14H,15-19H2,1H3,(H,29,32). The Morgan fingerprint density at radius 3 is 2.35 bits per heavy atom. The Balaban J connectivity index is 1.41. The largest absolute Gasteiger partial charge is 0.497 e. The van der Waals surface area contributed by atoms with Gasteiger partial charge in [0.1, 0.15) is 29.6 Å². The predicted octanol–water partition coefficient (Wildman–Crippen LogP) is 4.41. The van der Waals surface area contributed by atoms with Gasteiger partial charge in [0.15, 0.2) is 12.4 Å². The molecule has 0 spiro atoms. The van der Waals surface area contributed by atoms with Crippen LogP contribution in [0.1, 0.15) is 21.5 Å². The summed E-state index contributed by atoms with van der Waals surface area (Å²) >= 11 is 0.877. The Bertz CT molecular complexity index is 1220. The van der Waals surface area contributed by atoms with E-state index in [-0.39, 0.29) is 44.0 Å². The third-order valence-electron chi connectivity index (χ3n) is 5.72. The number of amides is 1. The monoisotopic (exact) mass is 521 g/mol. The average Bonchev–Trinajstić information content (AvgIpc) is 3.13. The molecule has 1 unspecified atom stereocenters. The number of hydrogen-bond donors (Lipinski definition) is 1. The maximum atomic E-state index is 13.2. The van der Waals surface area contributed by atoms with Gasteiger partial charge in [0.25, 0.3) is 5.24 Å². The van der Waals surface area contributed by atoms with Crippen LogP contribution in [0.15, 0.2) is 78.9 Å². The fourth-order valence-electron chi connectivity index (χ4n) is 3.73. The van der Waals surface area contributed by atoms with E-state index < -0.39 is 10.7 Å². The van der Waals surface area contributed by atoms with Crippen molar-refractivity contribution in [2.24, 2.45) is 0 Å². The maximum Gasteiger partial charge on any atom is 0.325 e. The van der Waals surface area contributed by atoms with Gasteiger partial charge in [0.05, 0.1) is 13.7 Å². The zero-order chi connectivity index (χ0) is 26.1. The molecule has 1 heterocycles. The van der Waals surface area contributed by atoms with E-state index in [9.17, 15) is 14.4 Å². The summed E-state index contributed by atoms with van der Waals surface area (Å²) in [6.45, 7) is 0.0110. The molecule has 1 N–H and O–H groups in total. The summed E-state index contributed by atoms with van der Waals surface area (Å²) in [5, 5.41) is 2.25.